The normalized spacial score (nSPS) is 20.3. The van der Waals surface area contributed by atoms with Crippen LogP contribution in [0.4, 0.5) is 5.69 Å². The molecule has 0 aromatic heterocycles. The number of aliphatic imine (C=N–C) groups is 1. The fourth-order valence-electron chi connectivity index (χ4n) is 3.15. The van der Waals surface area contributed by atoms with E-state index >= 15 is 0 Å². The molecule has 3 atom stereocenters. The number of methoxy groups -OCH3 is 2. The minimum absolute atomic E-state index is 0.00598. The van der Waals surface area contributed by atoms with E-state index in [0.717, 1.165) is 17.0 Å². The van der Waals surface area contributed by atoms with Crippen LogP contribution in [-0.4, -0.2) is 44.4 Å². The lowest BCUT2D eigenvalue weighted by Gasteiger charge is -2.45. The van der Waals surface area contributed by atoms with Crippen molar-refractivity contribution in [1.82, 2.24) is 0 Å². The first-order chi connectivity index (χ1) is 13.1. The Kier molecular flexibility index (Phi) is 5.54. The summed E-state index contributed by atoms with van der Waals surface area (Å²) < 4.78 is 9.90. The number of rotatable bonds is 6. The molecule has 0 bridgehead atoms. The fourth-order valence-corrected chi connectivity index (χ4v) is 3.15. The van der Waals surface area contributed by atoms with Crippen molar-refractivity contribution >= 4 is 23.8 Å². The average Bonchev–Trinajstić information content (AvgIpc) is 2.71. The number of hydrogen-bond donors (Lipinski definition) is 0. The summed E-state index contributed by atoms with van der Waals surface area (Å²) in [7, 11) is 2.93. The zero-order chi connectivity index (χ0) is 19.4. The number of carbonyl (C=O) groups excluding carboxylic acids is 2. The van der Waals surface area contributed by atoms with Crippen molar-refractivity contribution in [3.05, 3.63) is 60.2 Å². The van der Waals surface area contributed by atoms with E-state index in [2.05, 4.69) is 4.99 Å². The number of carbonyl (C=O) groups is 2. The van der Waals surface area contributed by atoms with Crippen LogP contribution < -0.4 is 9.64 Å². The third-order valence-electron chi connectivity index (χ3n) is 4.66. The summed E-state index contributed by atoms with van der Waals surface area (Å²) in [6.07, 6.45) is 1.67. The van der Waals surface area contributed by atoms with Gasteiger partial charge in [0.15, 0.2) is 0 Å². The zero-order valence-corrected chi connectivity index (χ0v) is 15.5. The Morgan fingerprint density at radius 1 is 1.11 bits per heavy atom. The molecular weight excluding hydrogens is 344 g/mol. The molecule has 2 aromatic rings. The van der Waals surface area contributed by atoms with Gasteiger partial charge >= 0.3 is 5.97 Å². The number of benzene rings is 2. The van der Waals surface area contributed by atoms with Gasteiger partial charge in [0.25, 0.3) is 0 Å². The molecule has 0 unspecified atom stereocenters. The lowest BCUT2D eigenvalue weighted by molar-refractivity contribution is -0.141. The molecule has 1 fully saturated rings. The van der Waals surface area contributed by atoms with Crippen molar-refractivity contribution < 1.29 is 19.1 Å². The van der Waals surface area contributed by atoms with E-state index in [-0.39, 0.29) is 17.9 Å². The summed E-state index contributed by atoms with van der Waals surface area (Å²) in [5.74, 6) is -0.0320. The van der Waals surface area contributed by atoms with Crippen LogP contribution in [0.3, 0.4) is 0 Å². The van der Waals surface area contributed by atoms with Crippen molar-refractivity contribution in [2.45, 2.75) is 24.9 Å². The Morgan fingerprint density at radius 2 is 1.78 bits per heavy atom. The van der Waals surface area contributed by atoms with Crippen LogP contribution in [0.1, 0.15) is 18.4 Å². The third kappa shape index (κ3) is 3.69. The number of anilines is 1. The Bertz CT molecular complexity index is 833. The lowest BCUT2D eigenvalue weighted by Crippen LogP contribution is -2.60. The molecule has 0 aliphatic carbocycles. The van der Waals surface area contributed by atoms with Gasteiger partial charge in [-0.3, -0.25) is 9.79 Å². The van der Waals surface area contributed by atoms with Crippen LogP contribution in [0.5, 0.6) is 5.75 Å². The maximum atomic E-state index is 12.9. The van der Waals surface area contributed by atoms with Crippen molar-refractivity contribution in [2.24, 2.45) is 4.99 Å². The van der Waals surface area contributed by atoms with E-state index in [1.54, 1.807) is 25.1 Å². The largest absolute Gasteiger partial charge is 0.497 e. The monoisotopic (exact) mass is 366 g/mol. The molecule has 2 aromatic carbocycles. The highest BCUT2D eigenvalue weighted by atomic mass is 16.5. The van der Waals surface area contributed by atoms with E-state index in [1.165, 1.54) is 7.11 Å². The maximum Gasteiger partial charge on any atom is 0.330 e. The Morgan fingerprint density at radius 3 is 2.37 bits per heavy atom. The van der Waals surface area contributed by atoms with Crippen LogP contribution in [-0.2, 0) is 14.3 Å². The molecule has 1 saturated heterocycles. The summed E-state index contributed by atoms with van der Waals surface area (Å²) in [5.41, 5.74) is 1.68. The summed E-state index contributed by atoms with van der Waals surface area (Å²) in [6, 6.07) is 16.0. The van der Waals surface area contributed by atoms with E-state index in [0.29, 0.717) is 0 Å². The quantitative estimate of drug-likeness (QED) is 0.448. The third-order valence-corrected chi connectivity index (χ3v) is 4.66. The van der Waals surface area contributed by atoms with Gasteiger partial charge in [-0.2, -0.15) is 0 Å². The smallest absolute Gasteiger partial charge is 0.330 e. The molecule has 0 N–H and O–H groups in total. The molecule has 0 saturated carbocycles. The van der Waals surface area contributed by atoms with Crippen LogP contribution in [0.15, 0.2) is 59.6 Å². The average molecular weight is 366 g/mol. The zero-order valence-electron chi connectivity index (χ0n) is 15.5. The molecular formula is C21H22N2O4. The van der Waals surface area contributed by atoms with Gasteiger partial charge in [-0.15, -0.1) is 0 Å². The van der Waals surface area contributed by atoms with E-state index in [9.17, 15) is 9.59 Å². The number of ether oxygens (including phenoxy) is 2. The summed E-state index contributed by atoms with van der Waals surface area (Å²) in [6.45, 7) is 1.66. The van der Waals surface area contributed by atoms with Crippen LogP contribution in [0, 0.1) is 0 Å². The molecule has 1 amide bonds. The Labute approximate surface area is 158 Å². The first kappa shape index (κ1) is 18.6. The van der Waals surface area contributed by atoms with Gasteiger partial charge in [0.2, 0.25) is 5.91 Å². The SMILES string of the molecule is COC(=O)[C@H](C)N=C[C@H]1[C@@H](c2ccccc2)C(=O)N1c1ccc(OC)cc1. The topological polar surface area (TPSA) is 68.2 Å². The second kappa shape index (κ2) is 8.03. The van der Waals surface area contributed by atoms with E-state index in [1.807, 2.05) is 54.6 Å². The van der Waals surface area contributed by atoms with E-state index in [4.69, 9.17) is 9.47 Å². The van der Waals surface area contributed by atoms with Gasteiger partial charge in [0, 0.05) is 11.9 Å². The van der Waals surface area contributed by atoms with Crippen LogP contribution in [0.25, 0.3) is 0 Å². The molecule has 0 spiro atoms. The lowest BCUT2D eigenvalue weighted by atomic mass is 9.81. The molecule has 1 aliphatic heterocycles. The first-order valence-electron chi connectivity index (χ1n) is 8.70. The fraction of sp³-hybridized carbons (Fsp3) is 0.286. The highest BCUT2D eigenvalue weighted by Crippen LogP contribution is 2.39. The first-order valence-corrected chi connectivity index (χ1v) is 8.70. The Balaban J connectivity index is 1.90. The van der Waals surface area contributed by atoms with E-state index < -0.39 is 12.0 Å². The summed E-state index contributed by atoms with van der Waals surface area (Å²) in [5, 5.41) is 0. The highest BCUT2D eigenvalue weighted by molar-refractivity contribution is 6.12. The summed E-state index contributed by atoms with van der Waals surface area (Å²) >= 11 is 0. The predicted octanol–water partition coefficient (Wildman–Crippen LogP) is 2.83. The highest BCUT2D eigenvalue weighted by Gasteiger charge is 2.48. The second-order valence-corrected chi connectivity index (χ2v) is 6.28. The van der Waals surface area contributed by atoms with Gasteiger partial charge in [-0.25, -0.2) is 4.79 Å². The minimum atomic E-state index is -0.625. The maximum absolute atomic E-state index is 12.9. The van der Waals surface area contributed by atoms with Crippen LogP contribution in [0.2, 0.25) is 0 Å². The van der Waals surface area contributed by atoms with Crippen molar-refractivity contribution in [2.75, 3.05) is 19.1 Å². The summed E-state index contributed by atoms with van der Waals surface area (Å²) in [4.78, 5) is 30.5. The molecule has 6 heteroatoms. The van der Waals surface area contributed by atoms with Gasteiger partial charge in [-0.1, -0.05) is 30.3 Å². The number of amides is 1. The minimum Gasteiger partial charge on any atom is -0.497 e. The van der Waals surface area contributed by atoms with Gasteiger partial charge in [-0.05, 0) is 36.8 Å². The predicted molar refractivity (Wildman–Crippen MR) is 103 cm³/mol. The molecule has 1 heterocycles. The number of hydrogen-bond acceptors (Lipinski definition) is 5. The standard InChI is InChI=1S/C21H22N2O4/c1-14(21(25)27-3)22-13-18-19(15-7-5-4-6-8-15)20(24)23(18)16-9-11-17(26-2)12-10-16/h4-14,18-19H,1-3H3/t14-,18-,19+/m0/s1. The van der Waals surface area contributed by atoms with Gasteiger partial charge < -0.3 is 14.4 Å². The molecule has 140 valence electrons. The molecule has 6 nitrogen and oxygen atoms in total. The van der Waals surface area contributed by atoms with Crippen LogP contribution >= 0.6 is 0 Å². The number of esters is 1. The number of β-lactam (4-membered cyclic amide) rings is 1. The van der Waals surface area contributed by atoms with Gasteiger partial charge in [0.1, 0.15) is 11.8 Å². The van der Waals surface area contributed by atoms with Crippen molar-refractivity contribution in [3.8, 4) is 5.75 Å². The van der Waals surface area contributed by atoms with Crippen molar-refractivity contribution in [3.63, 3.8) is 0 Å². The molecule has 0 radical (unpaired) electrons. The van der Waals surface area contributed by atoms with Crippen molar-refractivity contribution in [1.29, 1.82) is 0 Å². The molecule has 1 aliphatic rings. The Hall–Kier alpha value is -3.15. The molecule has 3 rings (SSSR count). The molecule has 27 heavy (non-hydrogen) atoms. The van der Waals surface area contributed by atoms with Gasteiger partial charge in [0.05, 0.1) is 26.2 Å². The second-order valence-electron chi connectivity index (χ2n) is 6.28. The number of nitrogens with zero attached hydrogens (tertiary/aromatic N) is 2.